The van der Waals surface area contributed by atoms with Crippen LogP contribution in [0, 0.1) is 5.92 Å². The third-order valence-electron chi connectivity index (χ3n) is 2.88. The molecule has 1 saturated carbocycles. The van der Waals surface area contributed by atoms with E-state index < -0.39 is 0 Å². The Labute approximate surface area is 86.3 Å². The van der Waals surface area contributed by atoms with E-state index in [4.69, 9.17) is 4.74 Å². The number of hydrogen-bond acceptors (Lipinski definition) is 2. The van der Waals surface area contributed by atoms with Crippen molar-refractivity contribution in [1.29, 1.82) is 0 Å². The lowest BCUT2D eigenvalue weighted by molar-refractivity contribution is -0.119. The first-order chi connectivity index (χ1) is 6.74. The summed E-state index contributed by atoms with van der Waals surface area (Å²) in [5.74, 6) is 1.19. The molecule has 0 heterocycles. The van der Waals surface area contributed by atoms with Gasteiger partial charge < -0.3 is 4.74 Å². The van der Waals surface area contributed by atoms with E-state index in [0.717, 1.165) is 12.3 Å². The number of rotatable bonds is 6. The molecule has 0 aromatic carbocycles. The highest BCUT2D eigenvalue weighted by Gasteiger charge is 2.17. The van der Waals surface area contributed by atoms with E-state index in [2.05, 4.69) is 6.58 Å². The Bertz CT molecular complexity index is 202. The maximum atomic E-state index is 11.5. The van der Waals surface area contributed by atoms with Crippen LogP contribution in [0.4, 0.5) is 0 Å². The van der Waals surface area contributed by atoms with Gasteiger partial charge in [-0.05, 0) is 19.3 Å². The van der Waals surface area contributed by atoms with E-state index in [-0.39, 0.29) is 5.78 Å². The van der Waals surface area contributed by atoms with Gasteiger partial charge in [-0.2, -0.15) is 0 Å². The molecule has 1 rings (SSSR count). The Morgan fingerprint density at radius 3 is 2.64 bits per heavy atom. The molecule has 0 unspecified atom stereocenters. The SMILES string of the molecule is C=C(OCC)C(=O)CCC1CCCC1. The third-order valence-corrected chi connectivity index (χ3v) is 2.88. The smallest absolute Gasteiger partial charge is 0.196 e. The molecule has 0 radical (unpaired) electrons. The molecule has 0 atom stereocenters. The molecule has 0 saturated heterocycles. The Balaban J connectivity index is 2.16. The first-order valence-corrected chi connectivity index (χ1v) is 5.59. The molecule has 0 aromatic heterocycles. The maximum absolute atomic E-state index is 11.5. The summed E-state index contributed by atoms with van der Waals surface area (Å²) in [6.45, 7) is 6.02. The van der Waals surface area contributed by atoms with Crippen LogP contribution in [0.1, 0.15) is 45.4 Å². The van der Waals surface area contributed by atoms with Gasteiger partial charge in [0.1, 0.15) is 0 Å². The fourth-order valence-corrected chi connectivity index (χ4v) is 2.03. The van der Waals surface area contributed by atoms with Gasteiger partial charge in [0, 0.05) is 6.42 Å². The molecule has 14 heavy (non-hydrogen) atoms. The molecule has 1 fully saturated rings. The van der Waals surface area contributed by atoms with Gasteiger partial charge in [-0.1, -0.05) is 32.3 Å². The lowest BCUT2D eigenvalue weighted by atomic mass is 10.00. The second-order valence-electron chi connectivity index (χ2n) is 3.97. The van der Waals surface area contributed by atoms with Gasteiger partial charge in [0.2, 0.25) is 0 Å². The van der Waals surface area contributed by atoms with Gasteiger partial charge in [0.05, 0.1) is 6.61 Å². The zero-order chi connectivity index (χ0) is 10.4. The minimum atomic E-state index is 0.0822. The second-order valence-corrected chi connectivity index (χ2v) is 3.97. The fourth-order valence-electron chi connectivity index (χ4n) is 2.03. The Morgan fingerprint density at radius 1 is 1.43 bits per heavy atom. The van der Waals surface area contributed by atoms with Gasteiger partial charge in [0.25, 0.3) is 0 Å². The van der Waals surface area contributed by atoms with Crippen molar-refractivity contribution in [2.24, 2.45) is 5.92 Å². The molecule has 2 nitrogen and oxygen atoms in total. The fraction of sp³-hybridized carbons (Fsp3) is 0.750. The topological polar surface area (TPSA) is 26.3 Å². The molecule has 1 aliphatic rings. The molecule has 0 aromatic rings. The molecular formula is C12H20O2. The molecule has 0 amide bonds. The summed E-state index contributed by atoms with van der Waals surface area (Å²) in [7, 11) is 0. The van der Waals surface area contributed by atoms with E-state index in [1.165, 1.54) is 25.7 Å². The molecule has 0 spiro atoms. The molecule has 0 bridgehead atoms. The minimum absolute atomic E-state index is 0.0822. The summed E-state index contributed by atoms with van der Waals surface area (Å²) in [6, 6.07) is 0. The highest BCUT2D eigenvalue weighted by molar-refractivity contribution is 5.92. The van der Waals surface area contributed by atoms with Crippen LogP contribution in [0.15, 0.2) is 12.3 Å². The van der Waals surface area contributed by atoms with Crippen molar-refractivity contribution in [2.45, 2.75) is 45.4 Å². The van der Waals surface area contributed by atoms with Crippen molar-refractivity contribution in [3.8, 4) is 0 Å². The third kappa shape index (κ3) is 3.52. The first kappa shape index (κ1) is 11.3. The standard InChI is InChI=1S/C12H20O2/c1-3-14-10(2)12(13)9-8-11-6-4-5-7-11/h11H,2-9H2,1H3. The highest BCUT2D eigenvalue weighted by Crippen LogP contribution is 2.28. The van der Waals surface area contributed by atoms with Crippen molar-refractivity contribution in [3.05, 3.63) is 12.3 Å². The summed E-state index contributed by atoms with van der Waals surface area (Å²) < 4.78 is 5.07. The number of hydrogen-bond donors (Lipinski definition) is 0. The van der Waals surface area contributed by atoms with E-state index >= 15 is 0 Å². The molecule has 2 heteroatoms. The van der Waals surface area contributed by atoms with Crippen LogP contribution in [0.25, 0.3) is 0 Å². The normalized spacial score (nSPS) is 16.9. The number of ketones is 1. The van der Waals surface area contributed by atoms with Crippen molar-refractivity contribution >= 4 is 5.78 Å². The Kier molecular flexibility index (Phi) is 4.71. The molecule has 80 valence electrons. The van der Waals surface area contributed by atoms with E-state index in [1.807, 2.05) is 6.92 Å². The average Bonchev–Trinajstić information content (AvgIpc) is 2.67. The summed E-state index contributed by atoms with van der Waals surface area (Å²) in [6.07, 6.45) is 6.91. The predicted octanol–water partition coefficient (Wildman–Crippen LogP) is 3.08. The predicted molar refractivity (Wildman–Crippen MR) is 57.0 cm³/mol. The van der Waals surface area contributed by atoms with Crippen LogP contribution in [0.3, 0.4) is 0 Å². The van der Waals surface area contributed by atoms with Crippen LogP contribution in [-0.2, 0) is 9.53 Å². The average molecular weight is 196 g/mol. The van der Waals surface area contributed by atoms with Gasteiger partial charge >= 0.3 is 0 Å². The largest absolute Gasteiger partial charge is 0.491 e. The number of carbonyl (C=O) groups is 1. The van der Waals surface area contributed by atoms with Crippen LogP contribution in [-0.4, -0.2) is 12.4 Å². The monoisotopic (exact) mass is 196 g/mol. The van der Waals surface area contributed by atoms with Gasteiger partial charge in [-0.15, -0.1) is 0 Å². The zero-order valence-corrected chi connectivity index (χ0v) is 9.05. The van der Waals surface area contributed by atoms with Crippen molar-refractivity contribution < 1.29 is 9.53 Å². The number of allylic oxidation sites excluding steroid dienone is 1. The maximum Gasteiger partial charge on any atom is 0.196 e. The first-order valence-electron chi connectivity index (χ1n) is 5.59. The second kappa shape index (κ2) is 5.84. The van der Waals surface area contributed by atoms with Crippen LogP contribution in [0.5, 0.6) is 0 Å². The summed E-state index contributed by atoms with van der Waals surface area (Å²) >= 11 is 0. The van der Waals surface area contributed by atoms with Gasteiger partial charge in [0.15, 0.2) is 11.5 Å². The Morgan fingerprint density at radius 2 is 2.07 bits per heavy atom. The van der Waals surface area contributed by atoms with Crippen molar-refractivity contribution in [1.82, 2.24) is 0 Å². The number of ether oxygens (including phenoxy) is 1. The zero-order valence-electron chi connectivity index (χ0n) is 9.05. The quantitative estimate of drug-likeness (QED) is 0.482. The van der Waals surface area contributed by atoms with E-state index in [1.54, 1.807) is 0 Å². The van der Waals surface area contributed by atoms with Gasteiger partial charge in [-0.3, -0.25) is 4.79 Å². The minimum Gasteiger partial charge on any atom is -0.491 e. The lowest BCUT2D eigenvalue weighted by Crippen LogP contribution is -2.07. The molecule has 1 aliphatic carbocycles. The van der Waals surface area contributed by atoms with Crippen LogP contribution in [0.2, 0.25) is 0 Å². The molecule has 0 N–H and O–H groups in total. The lowest BCUT2D eigenvalue weighted by Gasteiger charge is -2.09. The number of carbonyl (C=O) groups excluding carboxylic acids is 1. The summed E-state index contributed by atoms with van der Waals surface area (Å²) in [4.78, 5) is 11.5. The highest BCUT2D eigenvalue weighted by atomic mass is 16.5. The summed E-state index contributed by atoms with van der Waals surface area (Å²) in [5.41, 5.74) is 0. The van der Waals surface area contributed by atoms with Crippen LogP contribution < -0.4 is 0 Å². The van der Waals surface area contributed by atoms with Crippen LogP contribution >= 0.6 is 0 Å². The number of Topliss-reactive ketones (excluding diaryl/α,β-unsaturated/α-hetero) is 1. The summed E-state index contributed by atoms with van der Waals surface area (Å²) in [5, 5.41) is 0. The Hall–Kier alpha value is -0.790. The van der Waals surface area contributed by atoms with Gasteiger partial charge in [-0.25, -0.2) is 0 Å². The van der Waals surface area contributed by atoms with E-state index in [0.29, 0.717) is 18.8 Å². The molecular weight excluding hydrogens is 176 g/mol. The van der Waals surface area contributed by atoms with E-state index in [9.17, 15) is 4.79 Å². The van der Waals surface area contributed by atoms with Crippen molar-refractivity contribution in [2.75, 3.05) is 6.61 Å². The van der Waals surface area contributed by atoms with Crippen molar-refractivity contribution in [3.63, 3.8) is 0 Å². The molecule has 0 aliphatic heterocycles.